The Bertz CT molecular complexity index is 527. The normalized spacial score (nSPS) is 29.9. The summed E-state index contributed by atoms with van der Waals surface area (Å²) in [7, 11) is 4.35. The van der Waals surface area contributed by atoms with E-state index in [0.717, 1.165) is 58.0 Å². The van der Waals surface area contributed by atoms with E-state index < -0.39 is 0 Å². The highest BCUT2D eigenvalue weighted by atomic mass is 16.6. The predicted molar refractivity (Wildman–Crippen MR) is 112 cm³/mol. The Morgan fingerprint density at radius 1 is 1.04 bits per heavy atom. The lowest BCUT2D eigenvalue weighted by molar-refractivity contribution is -0.0144. The van der Waals surface area contributed by atoms with Gasteiger partial charge in [0.2, 0.25) is 0 Å². The average Bonchev–Trinajstić information content (AvgIpc) is 3.29. The molecule has 1 spiro atoms. The number of piperidine rings is 1. The first-order valence-electron chi connectivity index (χ1n) is 11.7. The Kier molecular flexibility index (Phi) is 6.48. The monoisotopic (exact) mass is 392 g/mol. The first-order chi connectivity index (χ1) is 13.5. The zero-order valence-electron chi connectivity index (χ0n) is 18.1. The Hall–Kier alpha value is -0.850. The summed E-state index contributed by atoms with van der Waals surface area (Å²) >= 11 is 0. The number of likely N-dealkylation sites (tertiary alicyclic amines) is 2. The fraction of sp³-hybridized carbons (Fsp3) is 0.955. The van der Waals surface area contributed by atoms with Crippen LogP contribution in [0, 0.1) is 0 Å². The highest BCUT2D eigenvalue weighted by Crippen LogP contribution is 2.35. The molecule has 3 heterocycles. The molecule has 28 heavy (non-hydrogen) atoms. The van der Waals surface area contributed by atoms with E-state index in [0.29, 0.717) is 6.04 Å². The molecule has 0 unspecified atom stereocenters. The van der Waals surface area contributed by atoms with E-state index in [4.69, 9.17) is 4.74 Å². The maximum absolute atomic E-state index is 12.5. The van der Waals surface area contributed by atoms with E-state index in [1.165, 1.54) is 51.6 Å². The van der Waals surface area contributed by atoms with Gasteiger partial charge in [-0.2, -0.15) is 0 Å². The van der Waals surface area contributed by atoms with E-state index in [1.807, 2.05) is 4.90 Å². The predicted octanol–water partition coefficient (Wildman–Crippen LogP) is 2.63. The van der Waals surface area contributed by atoms with E-state index in [2.05, 4.69) is 28.8 Å². The highest BCUT2D eigenvalue weighted by molar-refractivity contribution is 5.70. The van der Waals surface area contributed by atoms with Gasteiger partial charge < -0.3 is 24.3 Å². The zero-order valence-corrected chi connectivity index (χ0v) is 18.1. The van der Waals surface area contributed by atoms with Crippen molar-refractivity contribution in [3.8, 4) is 0 Å². The number of likely N-dealkylation sites (N-methyl/N-ethyl adjacent to an activating group) is 1. The first-order valence-corrected chi connectivity index (χ1v) is 11.7. The number of nitrogens with zero attached hydrogens (tertiary/aromatic N) is 4. The highest BCUT2D eigenvalue weighted by Gasteiger charge is 2.47. The van der Waals surface area contributed by atoms with E-state index in [9.17, 15) is 4.79 Å². The molecule has 3 aliphatic heterocycles. The van der Waals surface area contributed by atoms with Crippen molar-refractivity contribution in [2.24, 2.45) is 0 Å². The van der Waals surface area contributed by atoms with Crippen molar-refractivity contribution in [1.82, 2.24) is 19.6 Å². The minimum atomic E-state index is -0.202. The minimum Gasteiger partial charge on any atom is -0.441 e. The molecule has 0 aromatic carbocycles. The summed E-state index contributed by atoms with van der Waals surface area (Å²) in [6, 6.07) is 1.47. The molecule has 1 aliphatic carbocycles. The Balaban J connectivity index is 1.19. The van der Waals surface area contributed by atoms with Gasteiger partial charge in [0, 0.05) is 51.1 Å². The van der Waals surface area contributed by atoms with Gasteiger partial charge in [-0.05, 0) is 52.9 Å². The van der Waals surface area contributed by atoms with E-state index in [-0.39, 0.29) is 11.7 Å². The van der Waals surface area contributed by atoms with E-state index >= 15 is 0 Å². The van der Waals surface area contributed by atoms with Crippen LogP contribution in [0.5, 0.6) is 0 Å². The first kappa shape index (κ1) is 20.4. The fourth-order valence-electron chi connectivity index (χ4n) is 5.79. The number of hydrogen-bond acceptors (Lipinski definition) is 5. The molecule has 1 atom stereocenters. The molecule has 6 heteroatoms. The summed E-state index contributed by atoms with van der Waals surface area (Å²) in [6.07, 6.45) is 11.2. The van der Waals surface area contributed by atoms with Crippen LogP contribution in [-0.4, -0.2) is 103 Å². The number of carbonyl (C=O) groups excluding carboxylic acids is 1. The summed E-state index contributed by atoms with van der Waals surface area (Å²) in [4.78, 5) is 22.0. The van der Waals surface area contributed by atoms with Crippen LogP contribution < -0.4 is 0 Å². The van der Waals surface area contributed by atoms with Crippen LogP contribution in [0.25, 0.3) is 0 Å². The van der Waals surface area contributed by atoms with Crippen LogP contribution in [0.2, 0.25) is 0 Å². The molecular weight excluding hydrogens is 352 g/mol. The molecular formula is C22H40N4O2. The van der Waals surface area contributed by atoms with Crippen LogP contribution in [0.4, 0.5) is 4.79 Å². The Morgan fingerprint density at radius 3 is 2.46 bits per heavy atom. The number of hydrogen-bond donors (Lipinski definition) is 0. The number of carbonyl (C=O) groups is 1. The summed E-state index contributed by atoms with van der Waals surface area (Å²) in [6.45, 7) is 7.31. The van der Waals surface area contributed by atoms with Crippen LogP contribution >= 0.6 is 0 Å². The van der Waals surface area contributed by atoms with Crippen molar-refractivity contribution in [3.05, 3.63) is 0 Å². The van der Waals surface area contributed by atoms with Gasteiger partial charge in [-0.1, -0.05) is 19.3 Å². The maximum atomic E-state index is 12.5. The van der Waals surface area contributed by atoms with Gasteiger partial charge in [-0.25, -0.2) is 4.79 Å². The molecule has 0 aromatic heterocycles. The standard InChI is InChI=1S/C22H40N4O2/c1-23(2)20-9-14-24(17-20)12-6-13-26-18-22(28-21(26)27)10-15-25(16-11-22)19-7-4-3-5-8-19/h19-20H,3-18H2,1-2H3/t20-/m0/s1. The summed E-state index contributed by atoms with van der Waals surface area (Å²) in [5, 5.41) is 0. The molecule has 0 aromatic rings. The third-order valence-corrected chi connectivity index (χ3v) is 7.72. The molecule has 6 nitrogen and oxygen atoms in total. The van der Waals surface area contributed by atoms with Crippen molar-refractivity contribution >= 4 is 6.09 Å². The molecule has 4 aliphatic rings. The lowest BCUT2D eigenvalue weighted by Crippen LogP contribution is -2.50. The quantitative estimate of drug-likeness (QED) is 0.695. The van der Waals surface area contributed by atoms with Gasteiger partial charge >= 0.3 is 6.09 Å². The fourth-order valence-corrected chi connectivity index (χ4v) is 5.79. The van der Waals surface area contributed by atoms with Crippen molar-refractivity contribution in [3.63, 3.8) is 0 Å². The zero-order chi connectivity index (χ0) is 19.6. The van der Waals surface area contributed by atoms with Gasteiger partial charge in [-0.15, -0.1) is 0 Å². The summed E-state index contributed by atoms with van der Waals surface area (Å²) in [5.74, 6) is 0. The minimum absolute atomic E-state index is 0.0706. The molecule has 160 valence electrons. The molecule has 0 radical (unpaired) electrons. The average molecular weight is 393 g/mol. The van der Waals surface area contributed by atoms with Crippen molar-refractivity contribution < 1.29 is 9.53 Å². The van der Waals surface area contributed by atoms with Gasteiger partial charge in [-0.3, -0.25) is 0 Å². The second kappa shape index (κ2) is 8.88. The summed E-state index contributed by atoms with van der Waals surface area (Å²) in [5.41, 5.74) is -0.202. The Morgan fingerprint density at radius 2 is 1.79 bits per heavy atom. The lowest BCUT2D eigenvalue weighted by atomic mass is 9.87. The second-order valence-corrected chi connectivity index (χ2v) is 9.86. The molecule has 0 bridgehead atoms. The van der Waals surface area contributed by atoms with Crippen molar-refractivity contribution in [2.45, 2.75) is 75.5 Å². The molecule has 4 rings (SSSR count). The van der Waals surface area contributed by atoms with Gasteiger partial charge in [0.15, 0.2) is 0 Å². The van der Waals surface area contributed by atoms with E-state index in [1.54, 1.807) is 0 Å². The second-order valence-electron chi connectivity index (χ2n) is 9.86. The SMILES string of the molecule is CN(C)[C@H]1CCN(CCCN2CC3(CCN(C4CCCCC4)CC3)OC2=O)C1. The largest absolute Gasteiger partial charge is 0.441 e. The smallest absolute Gasteiger partial charge is 0.410 e. The Labute approximate surface area is 171 Å². The number of amides is 1. The molecule has 0 N–H and O–H groups in total. The molecule has 1 amide bonds. The third kappa shape index (κ3) is 4.65. The van der Waals surface area contributed by atoms with Crippen LogP contribution in [0.3, 0.4) is 0 Å². The maximum Gasteiger partial charge on any atom is 0.410 e. The third-order valence-electron chi connectivity index (χ3n) is 7.72. The van der Waals surface area contributed by atoms with Crippen LogP contribution in [0.15, 0.2) is 0 Å². The van der Waals surface area contributed by atoms with Crippen LogP contribution in [0.1, 0.15) is 57.8 Å². The molecule has 1 saturated carbocycles. The number of rotatable bonds is 6. The topological polar surface area (TPSA) is 39.3 Å². The van der Waals surface area contributed by atoms with Gasteiger partial charge in [0.05, 0.1) is 6.54 Å². The summed E-state index contributed by atoms with van der Waals surface area (Å²) < 4.78 is 5.95. The van der Waals surface area contributed by atoms with Crippen molar-refractivity contribution in [1.29, 1.82) is 0 Å². The number of ether oxygens (including phenoxy) is 1. The van der Waals surface area contributed by atoms with Crippen LogP contribution in [-0.2, 0) is 4.74 Å². The lowest BCUT2D eigenvalue weighted by Gasteiger charge is -2.42. The molecule has 4 fully saturated rings. The van der Waals surface area contributed by atoms with Gasteiger partial charge in [0.25, 0.3) is 0 Å². The van der Waals surface area contributed by atoms with Crippen molar-refractivity contribution in [2.75, 3.05) is 59.9 Å². The molecule has 3 saturated heterocycles. The van der Waals surface area contributed by atoms with Gasteiger partial charge in [0.1, 0.15) is 5.60 Å².